The van der Waals surface area contributed by atoms with Gasteiger partial charge in [0, 0.05) is 35.5 Å². The minimum atomic E-state index is -0.423. The summed E-state index contributed by atoms with van der Waals surface area (Å²) in [6.07, 6.45) is 4.30. The Kier molecular flexibility index (Phi) is 4.97. The number of carbonyl (C=O) groups excluding carboxylic acids is 1. The third-order valence-corrected chi connectivity index (χ3v) is 4.32. The van der Waals surface area contributed by atoms with Crippen LogP contribution in [0.4, 0.5) is 16.0 Å². The molecule has 4 aromatic rings. The molecule has 28 heavy (non-hydrogen) atoms. The van der Waals surface area contributed by atoms with Gasteiger partial charge in [0.05, 0.1) is 0 Å². The number of hydrogen-bond acceptors (Lipinski definition) is 4. The summed E-state index contributed by atoms with van der Waals surface area (Å²) in [7, 11) is 0. The van der Waals surface area contributed by atoms with E-state index >= 15 is 0 Å². The van der Waals surface area contributed by atoms with Crippen molar-refractivity contribution in [2.75, 3.05) is 17.2 Å². The molecule has 7 heteroatoms. The number of fused-ring (bicyclic) bond motifs is 1. The number of aromatic nitrogens is 3. The quantitative estimate of drug-likeness (QED) is 0.476. The van der Waals surface area contributed by atoms with Crippen LogP contribution in [0.15, 0.2) is 67.0 Å². The fourth-order valence-electron chi connectivity index (χ4n) is 2.98. The van der Waals surface area contributed by atoms with Gasteiger partial charge in [0.15, 0.2) is 0 Å². The molecular formula is C21H18FN5O. The maximum absolute atomic E-state index is 13.2. The molecule has 0 aliphatic rings. The molecule has 0 unspecified atom stereocenters. The Hall–Kier alpha value is -3.74. The summed E-state index contributed by atoms with van der Waals surface area (Å²) in [5.74, 6) is -0.473. The zero-order valence-electron chi connectivity index (χ0n) is 14.9. The molecule has 140 valence electrons. The Labute approximate surface area is 160 Å². The van der Waals surface area contributed by atoms with Crippen LogP contribution in [0.2, 0.25) is 0 Å². The zero-order valence-corrected chi connectivity index (χ0v) is 14.9. The summed E-state index contributed by atoms with van der Waals surface area (Å²) in [6.45, 7) is 0.622. The lowest BCUT2D eigenvalue weighted by molar-refractivity contribution is 0.102. The lowest BCUT2D eigenvalue weighted by Crippen LogP contribution is -2.16. The van der Waals surface area contributed by atoms with Crippen LogP contribution in [-0.2, 0) is 6.42 Å². The van der Waals surface area contributed by atoms with Crippen LogP contribution >= 0.6 is 0 Å². The highest BCUT2D eigenvalue weighted by molar-refractivity contribution is 6.02. The highest BCUT2D eigenvalue weighted by Crippen LogP contribution is 2.18. The SMILES string of the molecule is O=C(Nc1cccc(F)c1)c1ccnc(NCCc2c[nH]c3ccccc23)n1. The van der Waals surface area contributed by atoms with Gasteiger partial charge < -0.3 is 15.6 Å². The molecule has 2 heterocycles. The predicted octanol–water partition coefficient (Wildman–Crippen LogP) is 4.00. The number of hydrogen-bond donors (Lipinski definition) is 3. The summed E-state index contributed by atoms with van der Waals surface area (Å²) in [5.41, 5.74) is 2.87. The number of nitrogens with one attached hydrogen (secondary N) is 3. The number of nitrogens with zero attached hydrogens (tertiary/aromatic N) is 2. The number of rotatable bonds is 6. The summed E-state index contributed by atoms with van der Waals surface area (Å²) in [5, 5.41) is 6.95. The van der Waals surface area contributed by atoms with E-state index in [9.17, 15) is 9.18 Å². The third kappa shape index (κ3) is 3.98. The minimum Gasteiger partial charge on any atom is -0.361 e. The number of benzene rings is 2. The minimum absolute atomic E-state index is 0.203. The molecule has 0 saturated carbocycles. The number of anilines is 2. The fraction of sp³-hybridized carbons (Fsp3) is 0.0952. The van der Waals surface area contributed by atoms with Gasteiger partial charge in [0.25, 0.3) is 5.91 Å². The van der Waals surface area contributed by atoms with Crippen molar-refractivity contribution in [3.63, 3.8) is 0 Å². The number of amides is 1. The van der Waals surface area contributed by atoms with Gasteiger partial charge in [-0.1, -0.05) is 24.3 Å². The van der Waals surface area contributed by atoms with Crippen molar-refractivity contribution < 1.29 is 9.18 Å². The van der Waals surface area contributed by atoms with Gasteiger partial charge in [0.1, 0.15) is 11.5 Å². The van der Waals surface area contributed by atoms with Crippen molar-refractivity contribution in [1.82, 2.24) is 15.0 Å². The molecule has 0 radical (unpaired) electrons. The van der Waals surface area contributed by atoms with Gasteiger partial charge >= 0.3 is 0 Å². The van der Waals surface area contributed by atoms with Crippen molar-refractivity contribution in [3.05, 3.63) is 84.1 Å². The third-order valence-electron chi connectivity index (χ3n) is 4.32. The number of H-pyrrole nitrogens is 1. The first kappa shape index (κ1) is 17.7. The van der Waals surface area contributed by atoms with Gasteiger partial charge in [-0.3, -0.25) is 4.79 Å². The van der Waals surface area contributed by atoms with Crippen LogP contribution in [0.5, 0.6) is 0 Å². The zero-order chi connectivity index (χ0) is 19.3. The van der Waals surface area contributed by atoms with Gasteiger partial charge in [-0.15, -0.1) is 0 Å². The van der Waals surface area contributed by atoms with Crippen LogP contribution in [0.1, 0.15) is 16.1 Å². The van der Waals surface area contributed by atoms with E-state index in [2.05, 4.69) is 31.7 Å². The van der Waals surface area contributed by atoms with Crippen LogP contribution in [0, 0.1) is 5.82 Å². The van der Waals surface area contributed by atoms with E-state index in [1.165, 1.54) is 41.4 Å². The van der Waals surface area contributed by atoms with Crippen LogP contribution in [0.25, 0.3) is 10.9 Å². The highest BCUT2D eigenvalue weighted by Gasteiger charge is 2.10. The second kappa shape index (κ2) is 7.87. The Morgan fingerprint density at radius 1 is 1.11 bits per heavy atom. The normalized spacial score (nSPS) is 10.8. The molecule has 0 spiro atoms. The second-order valence-corrected chi connectivity index (χ2v) is 6.27. The van der Waals surface area contributed by atoms with Crippen molar-refractivity contribution in [2.45, 2.75) is 6.42 Å². The molecule has 2 aromatic carbocycles. The molecule has 0 aliphatic heterocycles. The number of halogens is 1. The Bertz CT molecular complexity index is 1120. The molecule has 4 rings (SSSR count). The van der Waals surface area contributed by atoms with Crippen LogP contribution < -0.4 is 10.6 Å². The van der Waals surface area contributed by atoms with Crippen LogP contribution in [-0.4, -0.2) is 27.4 Å². The standard InChI is InChI=1S/C21H18FN5O/c22-15-4-3-5-16(12-15)26-20(28)19-9-11-24-21(27-19)23-10-8-14-13-25-18-7-2-1-6-17(14)18/h1-7,9,11-13,25H,8,10H2,(H,26,28)(H,23,24,27). The highest BCUT2D eigenvalue weighted by atomic mass is 19.1. The van der Waals surface area contributed by atoms with Gasteiger partial charge in [-0.05, 0) is 42.3 Å². The first-order valence-electron chi connectivity index (χ1n) is 8.88. The summed E-state index contributed by atoms with van der Waals surface area (Å²) in [4.78, 5) is 24.0. The maximum atomic E-state index is 13.2. The fourth-order valence-corrected chi connectivity index (χ4v) is 2.98. The molecule has 1 amide bonds. The van der Waals surface area contributed by atoms with Crippen molar-refractivity contribution in [3.8, 4) is 0 Å². The molecule has 6 nitrogen and oxygen atoms in total. The Morgan fingerprint density at radius 2 is 2.00 bits per heavy atom. The second-order valence-electron chi connectivity index (χ2n) is 6.27. The molecule has 0 saturated heterocycles. The van der Waals surface area contributed by atoms with E-state index in [0.717, 1.165) is 11.9 Å². The molecular weight excluding hydrogens is 357 g/mol. The van der Waals surface area contributed by atoms with E-state index in [1.54, 1.807) is 6.07 Å². The maximum Gasteiger partial charge on any atom is 0.274 e. The number of carbonyl (C=O) groups is 1. The summed E-state index contributed by atoms with van der Waals surface area (Å²) in [6, 6.07) is 15.3. The number of aromatic amines is 1. The smallest absolute Gasteiger partial charge is 0.274 e. The van der Waals surface area contributed by atoms with Crippen molar-refractivity contribution in [2.24, 2.45) is 0 Å². The lowest BCUT2D eigenvalue weighted by Gasteiger charge is -2.07. The summed E-state index contributed by atoms with van der Waals surface area (Å²) >= 11 is 0. The average molecular weight is 375 g/mol. The molecule has 0 bridgehead atoms. The van der Waals surface area contributed by atoms with E-state index in [4.69, 9.17) is 0 Å². The number of para-hydroxylation sites is 1. The van der Waals surface area contributed by atoms with E-state index < -0.39 is 11.7 Å². The molecule has 0 atom stereocenters. The Morgan fingerprint density at radius 3 is 2.89 bits per heavy atom. The van der Waals surface area contributed by atoms with Gasteiger partial charge in [-0.25, -0.2) is 14.4 Å². The molecule has 0 aliphatic carbocycles. The van der Waals surface area contributed by atoms with E-state index in [1.807, 2.05) is 24.4 Å². The van der Waals surface area contributed by atoms with E-state index in [0.29, 0.717) is 18.2 Å². The van der Waals surface area contributed by atoms with Crippen molar-refractivity contribution in [1.29, 1.82) is 0 Å². The van der Waals surface area contributed by atoms with Gasteiger partial charge in [0.2, 0.25) is 5.95 Å². The average Bonchev–Trinajstić information content (AvgIpc) is 3.11. The molecule has 2 aromatic heterocycles. The first-order chi connectivity index (χ1) is 13.7. The Balaban J connectivity index is 1.39. The predicted molar refractivity (Wildman–Crippen MR) is 107 cm³/mol. The van der Waals surface area contributed by atoms with Crippen LogP contribution in [0.3, 0.4) is 0 Å². The summed E-state index contributed by atoms with van der Waals surface area (Å²) < 4.78 is 13.2. The topological polar surface area (TPSA) is 82.7 Å². The van der Waals surface area contributed by atoms with E-state index in [-0.39, 0.29) is 5.69 Å². The molecule has 0 fully saturated rings. The monoisotopic (exact) mass is 375 g/mol. The first-order valence-corrected chi connectivity index (χ1v) is 8.88. The lowest BCUT2D eigenvalue weighted by atomic mass is 10.1. The molecule has 3 N–H and O–H groups in total. The van der Waals surface area contributed by atoms with Gasteiger partial charge in [-0.2, -0.15) is 0 Å². The largest absolute Gasteiger partial charge is 0.361 e. The van der Waals surface area contributed by atoms with Crippen molar-refractivity contribution >= 4 is 28.4 Å².